The molecule has 1 fully saturated rings. The van der Waals surface area contributed by atoms with Crippen molar-refractivity contribution in [3.8, 4) is 0 Å². The molecule has 0 amide bonds. The van der Waals surface area contributed by atoms with Crippen molar-refractivity contribution in [2.75, 3.05) is 0 Å². The van der Waals surface area contributed by atoms with E-state index in [0.29, 0.717) is 5.15 Å². The zero-order valence-electron chi connectivity index (χ0n) is 11.9. The van der Waals surface area contributed by atoms with Crippen LogP contribution in [0.2, 0.25) is 5.15 Å². The number of hydrogen-bond acceptors (Lipinski definition) is 4. The first-order chi connectivity index (χ1) is 10.1. The molecule has 0 bridgehead atoms. The molecule has 5 nitrogen and oxygen atoms in total. The highest BCUT2D eigenvalue weighted by Crippen LogP contribution is 2.48. The number of carbonyl (C=O) groups excluding carboxylic acids is 1. The van der Waals surface area contributed by atoms with Crippen molar-refractivity contribution in [1.29, 1.82) is 0 Å². The van der Waals surface area contributed by atoms with E-state index >= 15 is 0 Å². The molecule has 110 valence electrons. The van der Waals surface area contributed by atoms with E-state index in [9.17, 15) is 4.79 Å². The van der Waals surface area contributed by atoms with Crippen LogP contribution < -0.4 is 0 Å². The smallest absolute Gasteiger partial charge is 0.309 e. The first-order valence-corrected chi connectivity index (χ1v) is 7.20. The summed E-state index contributed by atoms with van der Waals surface area (Å²) in [5.74, 6) is -0.00945. The van der Waals surface area contributed by atoms with Gasteiger partial charge in [-0.1, -0.05) is 17.7 Å². The lowest BCUT2D eigenvalue weighted by atomic mass is 10.1. The number of carbonyl (C=O) groups is 1. The fourth-order valence-electron chi connectivity index (χ4n) is 2.51. The molecule has 2 aromatic rings. The summed E-state index contributed by atoms with van der Waals surface area (Å²) in [6, 6.07) is 3.88. The van der Waals surface area contributed by atoms with Crippen molar-refractivity contribution in [1.82, 2.24) is 14.8 Å². The standard InChI is InChI=1S/C15H16ClN3O2/c1-9-13(14(16)19(2)18-9)8-21-15(20)12-6-11(12)10-4-3-5-17-7-10/h3-5,7,11-12H,6,8H2,1-2H3/t11-,12+/m0/s1. The summed E-state index contributed by atoms with van der Waals surface area (Å²) in [7, 11) is 1.76. The van der Waals surface area contributed by atoms with E-state index < -0.39 is 0 Å². The monoisotopic (exact) mass is 305 g/mol. The predicted octanol–water partition coefficient (Wildman–Crippen LogP) is 2.62. The Morgan fingerprint density at radius 2 is 2.38 bits per heavy atom. The average Bonchev–Trinajstić information content (AvgIpc) is 3.24. The summed E-state index contributed by atoms with van der Waals surface area (Å²) >= 11 is 6.12. The van der Waals surface area contributed by atoms with Gasteiger partial charge in [-0.05, 0) is 30.9 Å². The molecule has 1 saturated carbocycles. The van der Waals surface area contributed by atoms with Gasteiger partial charge in [0.2, 0.25) is 0 Å². The van der Waals surface area contributed by atoms with Crippen LogP contribution in [0.4, 0.5) is 0 Å². The molecular formula is C15H16ClN3O2. The number of aromatic nitrogens is 3. The Balaban J connectivity index is 1.59. The van der Waals surface area contributed by atoms with Crippen LogP contribution in [0, 0.1) is 12.8 Å². The number of hydrogen-bond donors (Lipinski definition) is 0. The Morgan fingerprint density at radius 1 is 1.57 bits per heavy atom. The molecule has 0 unspecified atom stereocenters. The molecule has 6 heteroatoms. The van der Waals surface area contributed by atoms with Crippen molar-refractivity contribution >= 4 is 17.6 Å². The van der Waals surface area contributed by atoms with Crippen molar-refractivity contribution in [2.45, 2.75) is 25.9 Å². The number of halogens is 1. The molecule has 0 radical (unpaired) electrons. The van der Waals surface area contributed by atoms with Crippen LogP contribution in [0.25, 0.3) is 0 Å². The fraction of sp³-hybridized carbons (Fsp3) is 0.400. The summed E-state index contributed by atoms with van der Waals surface area (Å²) in [4.78, 5) is 16.2. The maximum atomic E-state index is 12.1. The van der Waals surface area contributed by atoms with Gasteiger partial charge >= 0.3 is 5.97 Å². The van der Waals surface area contributed by atoms with Gasteiger partial charge in [0, 0.05) is 25.0 Å². The molecule has 0 aliphatic heterocycles. The minimum atomic E-state index is -0.178. The van der Waals surface area contributed by atoms with Gasteiger partial charge in [0.1, 0.15) is 11.8 Å². The minimum Gasteiger partial charge on any atom is -0.460 e. The summed E-state index contributed by atoms with van der Waals surface area (Å²) in [5, 5.41) is 4.71. The van der Waals surface area contributed by atoms with Crippen LogP contribution in [0.15, 0.2) is 24.5 Å². The number of ether oxygens (including phenoxy) is 1. The normalized spacial score (nSPS) is 20.3. The molecule has 3 rings (SSSR count). The summed E-state index contributed by atoms with van der Waals surface area (Å²) in [6.07, 6.45) is 4.36. The van der Waals surface area contributed by atoms with Crippen LogP contribution in [-0.2, 0) is 23.2 Å². The summed E-state index contributed by atoms with van der Waals surface area (Å²) in [5.41, 5.74) is 2.65. The van der Waals surface area contributed by atoms with Crippen molar-refractivity contribution in [3.63, 3.8) is 0 Å². The number of nitrogens with zero attached hydrogens (tertiary/aromatic N) is 3. The predicted molar refractivity (Wildman–Crippen MR) is 77.8 cm³/mol. The second kappa shape index (κ2) is 5.48. The van der Waals surface area contributed by atoms with Gasteiger partial charge in [-0.15, -0.1) is 0 Å². The number of pyridine rings is 1. The molecule has 0 spiro atoms. The minimum absolute atomic E-state index is 0.0649. The van der Waals surface area contributed by atoms with Gasteiger partial charge in [-0.25, -0.2) is 0 Å². The topological polar surface area (TPSA) is 57.0 Å². The van der Waals surface area contributed by atoms with Gasteiger partial charge in [0.05, 0.1) is 11.6 Å². The maximum Gasteiger partial charge on any atom is 0.309 e. The molecule has 1 aliphatic carbocycles. The Labute approximate surface area is 127 Å². The van der Waals surface area contributed by atoms with Crippen LogP contribution in [0.5, 0.6) is 0 Å². The lowest BCUT2D eigenvalue weighted by molar-refractivity contribution is -0.146. The molecule has 21 heavy (non-hydrogen) atoms. The molecule has 2 atom stereocenters. The second-order valence-electron chi connectivity index (χ2n) is 5.32. The van der Waals surface area contributed by atoms with E-state index in [1.54, 1.807) is 24.1 Å². The molecule has 0 aromatic carbocycles. The Bertz CT molecular complexity index is 669. The number of aryl methyl sites for hydroxylation is 2. The van der Waals surface area contributed by atoms with Crippen LogP contribution in [0.3, 0.4) is 0 Å². The maximum absolute atomic E-state index is 12.1. The highest BCUT2D eigenvalue weighted by Gasteiger charge is 2.45. The molecule has 0 saturated heterocycles. The van der Waals surface area contributed by atoms with E-state index in [-0.39, 0.29) is 24.4 Å². The molecule has 1 aliphatic rings. The van der Waals surface area contributed by atoms with Crippen LogP contribution in [0.1, 0.15) is 29.2 Å². The van der Waals surface area contributed by atoms with Crippen molar-refractivity contribution < 1.29 is 9.53 Å². The van der Waals surface area contributed by atoms with E-state index in [1.165, 1.54) is 0 Å². The summed E-state index contributed by atoms with van der Waals surface area (Å²) in [6.45, 7) is 2.03. The van der Waals surface area contributed by atoms with Crippen molar-refractivity contribution in [2.24, 2.45) is 13.0 Å². The first-order valence-electron chi connectivity index (χ1n) is 6.82. The van der Waals surface area contributed by atoms with Gasteiger partial charge < -0.3 is 4.74 Å². The molecule has 2 heterocycles. The summed E-state index contributed by atoms with van der Waals surface area (Å²) < 4.78 is 6.96. The van der Waals surface area contributed by atoms with Crippen LogP contribution in [-0.4, -0.2) is 20.7 Å². The van der Waals surface area contributed by atoms with E-state index in [2.05, 4.69) is 10.1 Å². The second-order valence-corrected chi connectivity index (χ2v) is 5.68. The average molecular weight is 306 g/mol. The van der Waals surface area contributed by atoms with Gasteiger partial charge in [0.25, 0.3) is 0 Å². The highest BCUT2D eigenvalue weighted by molar-refractivity contribution is 6.30. The zero-order chi connectivity index (χ0) is 15.0. The quantitative estimate of drug-likeness (QED) is 0.815. The third-order valence-corrected chi connectivity index (χ3v) is 4.31. The van der Waals surface area contributed by atoms with E-state index in [1.807, 2.05) is 19.1 Å². The molecule has 2 aromatic heterocycles. The lowest BCUT2D eigenvalue weighted by Crippen LogP contribution is -2.08. The van der Waals surface area contributed by atoms with Gasteiger partial charge in [0.15, 0.2) is 0 Å². The Hall–Kier alpha value is -1.88. The van der Waals surface area contributed by atoms with Gasteiger partial charge in [-0.3, -0.25) is 14.5 Å². The lowest BCUT2D eigenvalue weighted by Gasteiger charge is -2.04. The third kappa shape index (κ3) is 2.78. The first kappa shape index (κ1) is 14.1. The number of esters is 1. The number of rotatable bonds is 4. The Morgan fingerprint density at radius 3 is 3.00 bits per heavy atom. The molecule has 0 N–H and O–H groups in total. The SMILES string of the molecule is Cc1nn(C)c(Cl)c1COC(=O)[C@@H]1C[C@H]1c1cccnc1. The van der Waals surface area contributed by atoms with E-state index in [4.69, 9.17) is 16.3 Å². The zero-order valence-corrected chi connectivity index (χ0v) is 12.7. The van der Waals surface area contributed by atoms with E-state index in [0.717, 1.165) is 23.2 Å². The highest BCUT2D eigenvalue weighted by atomic mass is 35.5. The fourth-order valence-corrected chi connectivity index (χ4v) is 2.74. The Kier molecular flexibility index (Phi) is 3.68. The largest absolute Gasteiger partial charge is 0.460 e. The van der Waals surface area contributed by atoms with Gasteiger partial charge in [-0.2, -0.15) is 5.10 Å². The third-order valence-electron chi connectivity index (χ3n) is 3.83. The molecular weight excluding hydrogens is 290 g/mol. The van der Waals surface area contributed by atoms with Crippen molar-refractivity contribution in [3.05, 3.63) is 46.5 Å². The van der Waals surface area contributed by atoms with Crippen LogP contribution >= 0.6 is 11.6 Å².